The summed E-state index contributed by atoms with van der Waals surface area (Å²) in [5.74, 6) is -0.336. The van der Waals surface area contributed by atoms with E-state index in [9.17, 15) is 4.79 Å². The van der Waals surface area contributed by atoms with Crippen molar-refractivity contribution in [2.45, 2.75) is 19.8 Å². The van der Waals surface area contributed by atoms with Crippen LogP contribution >= 0.6 is 11.3 Å². The number of ether oxygens (including phenoxy) is 2. The molecule has 0 atom stereocenters. The highest BCUT2D eigenvalue weighted by atomic mass is 32.1. The van der Waals surface area contributed by atoms with Gasteiger partial charge >= 0.3 is 5.97 Å². The number of carbonyl (C=O) groups is 1. The highest BCUT2D eigenvalue weighted by Crippen LogP contribution is 2.09. The van der Waals surface area contributed by atoms with Gasteiger partial charge in [0.25, 0.3) is 0 Å². The standard InChI is InChI=1S/C10H15NO3S/c1-8-11-9(7-15-8)10(12)14-6-4-3-5-13-2/h7H,3-6H2,1-2H3. The molecule has 0 spiro atoms. The molecule has 1 aromatic heterocycles. The van der Waals surface area contributed by atoms with Crippen molar-refractivity contribution < 1.29 is 14.3 Å². The monoisotopic (exact) mass is 229 g/mol. The number of nitrogens with zero attached hydrogens (tertiary/aromatic N) is 1. The Morgan fingerprint density at radius 1 is 1.47 bits per heavy atom. The van der Waals surface area contributed by atoms with Gasteiger partial charge in [-0.2, -0.15) is 0 Å². The zero-order valence-electron chi connectivity index (χ0n) is 8.99. The van der Waals surface area contributed by atoms with Gasteiger partial charge in [-0.15, -0.1) is 11.3 Å². The largest absolute Gasteiger partial charge is 0.461 e. The highest BCUT2D eigenvalue weighted by Gasteiger charge is 2.09. The summed E-state index contributed by atoms with van der Waals surface area (Å²) >= 11 is 1.45. The molecule has 0 amide bonds. The molecule has 0 unspecified atom stereocenters. The molecule has 0 saturated heterocycles. The molecule has 0 radical (unpaired) electrons. The SMILES string of the molecule is COCCCCOC(=O)c1csc(C)n1. The lowest BCUT2D eigenvalue weighted by Crippen LogP contribution is -2.07. The summed E-state index contributed by atoms with van der Waals surface area (Å²) in [4.78, 5) is 15.4. The van der Waals surface area contributed by atoms with Crippen LogP contribution in [-0.2, 0) is 9.47 Å². The summed E-state index contributed by atoms with van der Waals surface area (Å²) < 4.78 is 9.92. The van der Waals surface area contributed by atoms with Crippen LogP contribution in [0.2, 0.25) is 0 Å². The summed E-state index contributed by atoms with van der Waals surface area (Å²) in [5.41, 5.74) is 0.407. The number of aryl methyl sites for hydroxylation is 1. The first kappa shape index (κ1) is 12.1. The van der Waals surface area contributed by atoms with E-state index in [0.717, 1.165) is 17.8 Å². The van der Waals surface area contributed by atoms with E-state index in [0.29, 0.717) is 18.9 Å². The highest BCUT2D eigenvalue weighted by molar-refractivity contribution is 7.09. The number of rotatable bonds is 6. The van der Waals surface area contributed by atoms with E-state index in [-0.39, 0.29) is 5.97 Å². The van der Waals surface area contributed by atoms with E-state index in [1.807, 2.05) is 6.92 Å². The maximum absolute atomic E-state index is 11.4. The Hall–Kier alpha value is -0.940. The third-order valence-electron chi connectivity index (χ3n) is 1.80. The van der Waals surface area contributed by atoms with Gasteiger partial charge in [-0.25, -0.2) is 9.78 Å². The van der Waals surface area contributed by atoms with Gasteiger partial charge < -0.3 is 9.47 Å². The number of unbranched alkanes of at least 4 members (excludes halogenated alkanes) is 1. The molecule has 0 aliphatic carbocycles. The molecule has 1 aromatic rings. The lowest BCUT2D eigenvalue weighted by molar-refractivity contribution is 0.0483. The fourth-order valence-electron chi connectivity index (χ4n) is 1.04. The van der Waals surface area contributed by atoms with Crippen molar-refractivity contribution in [2.75, 3.05) is 20.3 Å². The first-order valence-corrected chi connectivity index (χ1v) is 5.70. The number of carbonyl (C=O) groups excluding carboxylic acids is 1. The van der Waals surface area contributed by atoms with Gasteiger partial charge in [-0.05, 0) is 19.8 Å². The Balaban J connectivity index is 2.19. The molecule has 1 rings (SSSR count). The molecule has 4 nitrogen and oxygen atoms in total. The van der Waals surface area contributed by atoms with Crippen LogP contribution in [0.5, 0.6) is 0 Å². The average Bonchev–Trinajstić information content (AvgIpc) is 2.64. The Morgan fingerprint density at radius 3 is 2.80 bits per heavy atom. The second kappa shape index (κ2) is 6.53. The second-order valence-electron chi connectivity index (χ2n) is 3.09. The molecule has 0 aliphatic rings. The van der Waals surface area contributed by atoms with Crippen molar-refractivity contribution in [2.24, 2.45) is 0 Å². The molecule has 0 fully saturated rings. The first-order valence-electron chi connectivity index (χ1n) is 4.82. The van der Waals surface area contributed by atoms with Gasteiger partial charge in [0.2, 0.25) is 0 Å². The van der Waals surface area contributed by atoms with Crippen molar-refractivity contribution in [3.8, 4) is 0 Å². The predicted molar refractivity (Wildman–Crippen MR) is 58.2 cm³/mol. The molecule has 0 aromatic carbocycles. The van der Waals surface area contributed by atoms with E-state index in [4.69, 9.17) is 9.47 Å². The van der Waals surface area contributed by atoms with E-state index in [2.05, 4.69) is 4.98 Å². The van der Waals surface area contributed by atoms with Crippen LogP contribution in [0.3, 0.4) is 0 Å². The number of esters is 1. The van der Waals surface area contributed by atoms with Crippen LogP contribution in [-0.4, -0.2) is 31.3 Å². The van der Waals surface area contributed by atoms with Crippen LogP contribution in [0.25, 0.3) is 0 Å². The van der Waals surface area contributed by atoms with E-state index >= 15 is 0 Å². The zero-order chi connectivity index (χ0) is 11.1. The quantitative estimate of drug-likeness (QED) is 0.553. The van der Waals surface area contributed by atoms with Gasteiger partial charge in [-0.3, -0.25) is 0 Å². The average molecular weight is 229 g/mol. The van der Waals surface area contributed by atoms with Gasteiger partial charge in [0.15, 0.2) is 5.69 Å². The molecular formula is C10H15NO3S. The molecule has 0 N–H and O–H groups in total. The molecular weight excluding hydrogens is 214 g/mol. The minimum absolute atomic E-state index is 0.336. The first-order chi connectivity index (χ1) is 7.24. The van der Waals surface area contributed by atoms with Crippen molar-refractivity contribution in [1.82, 2.24) is 4.98 Å². The Bertz CT molecular complexity index is 311. The van der Waals surface area contributed by atoms with Gasteiger partial charge in [0.1, 0.15) is 0 Å². The smallest absolute Gasteiger partial charge is 0.357 e. The third kappa shape index (κ3) is 4.40. The summed E-state index contributed by atoms with van der Waals surface area (Å²) in [6, 6.07) is 0. The summed E-state index contributed by atoms with van der Waals surface area (Å²) in [5, 5.41) is 2.59. The van der Waals surface area contributed by atoms with Crippen LogP contribution in [0.4, 0.5) is 0 Å². The van der Waals surface area contributed by atoms with Gasteiger partial charge in [0.05, 0.1) is 11.6 Å². The van der Waals surface area contributed by atoms with E-state index < -0.39 is 0 Å². The van der Waals surface area contributed by atoms with Crippen molar-refractivity contribution in [3.05, 3.63) is 16.1 Å². The Labute approximate surface area is 93.2 Å². The maximum Gasteiger partial charge on any atom is 0.357 e. The van der Waals surface area contributed by atoms with Crippen LogP contribution in [0.15, 0.2) is 5.38 Å². The maximum atomic E-state index is 11.4. The number of aromatic nitrogens is 1. The molecule has 5 heteroatoms. The van der Waals surface area contributed by atoms with Crippen LogP contribution in [0, 0.1) is 6.92 Å². The van der Waals surface area contributed by atoms with Gasteiger partial charge in [0, 0.05) is 19.1 Å². The fourth-order valence-corrected chi connectivity index (χ4v) is 1.63. The number of hydrogen-bond acceptors (Lipinski definition) is 5. The van der Waals surface area contributed by atoms with Crippen molar-refractivity contribution in [1.29, 1.82) is 0 Å². The molecule has 84 valence electrons. The topological polar surface area (TPSA) is 48.4 Å². The lowest BCUT2D eigenvalue weighted by atomic mass is 10.3. The normalized spacial score (nSPS) is 10.3. The van der Waals surface area contributed by atoms with Crippen LogP contribution < -0.4 is 0 Å². The van der Waals surface area contributed by atoms with Crippen LogP contribution in [0.1, 0.15) is 28.3 Å². The van der Waals surface area contributed by atoms with E-state index in [1.165, 1.54) is 11.3 Å². The molecule has 15 heavy (non-hydrogen) atoms. The van der Waals surface area contributed by atoms with E-state index in [1.54, 1.807) is 12.5 Å². The fraction of sp³-hybridized carbons (Fsp3) is 0.600. The third-order valence-corrected chi connectivity index (χ3v) is 2.58. The van der Waals surface area contributed by atoms with Gasteiger partial charge in [-0.1, -0.05) is 0 Å². The predicted octanol–water partition coefficient (Wildman–Crippen LogP) is 2.03. The van der Waals surface area contributed by atoms with Crippen molar-refractivity contribution >= 4 is 17.3 Å². The molecule has 0 aliphatic heterocycles. The summed E-state index contributed by atoms with van der Waals surface area (Å²) in [6.45, 7) is 2.99. The molecule has 0 bridgehead atoms. The number of methoxy groups -OCH3 is 1. The molecule has 1 heterocycles. The summed E-state index contributed by atoms with van der Waals surface area (Å²) in [6.07, 6.45) is 1.72. The Morgan fingerprint density at radius 2 is 2.20 bits per heavy atom. The number of thiazole rings is 1. The molecule has 0 saturated carbocycles. The Kier molecular flexibility index (Phi) is 5.28. The minimum atomic E-state index is -0.336. The number of hydrogen-bond donors (Lipinski definition) is 0. The zero-order valence-corrected chi connectivity index (χ0v) is 9.80. The summed E-state index contributed by atoms with van der Waals surface area (Å²) in [7, 11) is 1.66. The van der Waals surface area contributed by atoms with Crippen molar-refractivity contribution in [3.63, 3.8) is 0 Å². The second-order valence-corrected chi connectivity index (χ2v) is 4.15. The lowest BCUT2D eigenvalue weighted by Gasteiger charge is -2.02. The minimum Gasteiger partial charge on any atom is -0.461 e.